The van der Waals surface area contributed by atoms with Gasteiger partial charge in [0.2, 0.25) is 5.88 Å². The largest absolute Gasteiger partial charge is 0.481 e. The van der Waals surface area contributed by atoms with E-state index in [1.807, 2.05) is 0 Å². The first-order valence-electron chi connectivity index (χ1n) is 5.72. The zero-order chi connectivity index (χ0) is 15.6. The Balaban J connectivity index is 2.62. The van der Waals surface area contributed by atoms with Gasteiger partial charge in [-0.05, 0) is 6.07 Å². The number of nitrogens with zero attached hydrogens (tertiary/aromatic N) is 2. The highest BCUT2D eigenvalue weighted by atomic mass is 35.5. The molecule has 0 amide bonds. The van der Waals surface area contributed by atoms with E-state index in [-0.39, 0.29) is 22.1 Å². The minimum Gasteiger partial charge on any atom is -0.481 e. The van der Waals surface area contributed by atoms with Gasteiger partial charge in [-0.25, -0.2) is 19.2 Å². The summed E-state index contributed by atoms with van der Waals surface area (Å²) >= 11 is 5.82. The molecule has 0 radical (unpaired) electrons. The van der Waals surface area contributed by atoms with Gasteiger partial charge in [0.05, 0.1) is 24.9 Å². The van der Waals surface area contributed by atoms with E-state index in [9.17, 15) is 9.18 Å². The Morgan fingerprint density at radius 2 is 2.10 bits per heavy atom. The van der Waals surface area contributed by atoms with Crippen LogP contribution in [0.4, 0.5) is 10.1 Å². The topological polar surface area (TPSA) is 87.3 Å². The van der Waals surface area contributed by atoms with Gasteiger partial charge in [-0.15, -0.1) is 0 Å². The fraction of sp³-hybridized carbons (Fsp3) is 0.154. The van der Waals surface area contributed by atoms with Crippen molar-refractivity contribution in [3.63, 3.8) is 0 Å². The van der Waals surface area contributed by atoms with Crippen LogP contribution < -0.4 is 10.5 Å². The van der Waals surface area contributed by atoms with Crippen molar-refractivity contribution in [3.05, 3.63) is 34.9 Å². The normalized spacial score (nSPS) is 10.3. The highest BCUT2D eigenvalue weighted by molar-refractivity contribution is 6.35. The van der Waals surface area contributed by atoms with Gasteiger partial charge in [-0.3, -0.25) is 0 Å². The quantitative estimate of drug-likeness (QED) is 0.875. The lowest BCUT2D eigenvalue weighted by Crippen LogP contribution is -2.10. The van der Waals surface area contributed by atoms with Crippen LogP contribution in [0.5, 0.6) is 5.88 Å². The Kier molecular flexibility index (Phi) is 4.23. The molecular formula is C13H11ClFN3O3. The Labute approximate surface area is 124 Å². The van der Waals surface area contributed by atoms with Gasteiger partial charge >= 0.3 is 5.97 Å². The molecule has 21 heavy (non-hydrogen) atoms. The molecule has 0 bridgehead atoms. The van der Waals surface area contributed by atoms with E-state index in [0.717, 1.165) is 7.11 Å². The summed E-state index contributed by atoms with van der Waals surface area (Å²) in [7, 11) is 2.62. The minimum absolute atomic E-state index is 0.146. The molecule has 0 aliphatic carbocycles. The van der Waals surface area contributed by atoms with Gasteiger partial charge in [0.1, 0.15) is 5.69 Å². The predicted molar refractivity (Wildman–Crippen MR) is 74.7 cm³/mol. The Bertz CT molecular complexity index is 692. The highest BCUT2D eigenvalue weighted by Gasteiger charge is 2.22. The minimum atomic E-state index is -0.834. The Morgan fingerprint density at radius 1 is 1.38 bits per heavy atom. The SMILES string of the molecule is COC(=O)c1nc(-c2ccc(OC)nc2)c(F)c(N)c1Cl. The Hall–Kier alpha value is -2.41. The summed E-state index contributed by atoms with van der Waals surface area (Å²) in [5.74, 6) is -1.29. The van der Waals surface area contributed by atoms with Crippen molar-refractivity contribution in [3.8, 4) is 17.1 Å². The number of methoxy groups -OCH3 is 2. The maximum Gasteiger partial charge on any atom is 0.358 e. The molecule has 0 aromatic carbocycles. The number of esters is 1. The van der Waals surface area contributed by atoms with Crippen molar-refractivity contribution in [1.29, 1.82) is 0 Å². The van der Waals surface area contributed by atoms with E-state index >= 15 is 0 Å². The van der Waals surface area contributed by atoms with Crippen LogP contribution >= 0.6 is 11.6 Å². The first-order valence-corrected chi connectivity index (χ1v) is 6.10. The lowest BCUT2D eigenvalue weighted by atomic mass is 10.1. The third-order valence-corrected chi connectivity index (χ3v) is 3.09. The third-order valence-electron chi connectivity index (χ3n) is 2.71. The standard InChI is InChI=1S/C13H11ClFN3O3/c1-20-7-4-3-6(5-17-7)11-9(15)10(16)8(14)12(18-11)13(19)21-2/h3-5H,1-2H3,(H2,16,18). The van der Waals surface area contributed by atoms with Crippen molar-refractivity contribution in [2.75, 3.05) is 20.0 Å². The average Bonchev–Trinajstić information content (AvgIpc) is 2.52. The summed E-state index contributed by atoms with van der Waals surface area (Å²) in [6.07, 6.45) is 1.35. The van der Waals surface area contributed by atoms with E-state index in [0.29, 0.717) is 11.4 Å². The van der Waals surface area contributed by atoms with Crippen molar-refractivity contribution in [2.45, 2.75) is 0 Å². The second kappa shape index (κ2) is 5.92. The van der Waals surface area contributed by atoms with Crippen LogP contribution in [0.15, 0.2) is 18.3 Å². The number of halogens is 2. The van der Waals surface area contributed by atoms with Gasteiger partial charge in [-0.1, -0.05) is 11.6 Å². The van der Waals surface area contributed by atoms with E-state index in [2.05, 4.69) is 14.7 Å². The lowest BCUT2D eigenvalue weighted by molar-refractivity contribution is 0.0594. The summed E-state index contributed by atoms with van der Waals surface area (Å²) < 4.78 is 23.6. The number of carbonyl (C=O) groups excluding carboxylic acids is 1. The highest BCUT2D eigenvalue weighted by Crippen LogP contribution is 2.32. The molecule has 0 spiro atoms. The fourth-order valence-corrected chi connectivity index (χ4v) is 1.83. The number of hydrogen-bond donors (Lipinski definition) is 1. The van der Waals surface area contributed by atoms with Gasteiger partial charge in [0.25, 0.3) is 0 Å². The molecule has 2 aromatic heterocycles. The lowest BCUT2D eigenvalue weighted by Gasteiger charge is -2.10. The summed E-state index contributed by atoms with van der Waals surface area (Å²) in [5, 5.41) is -0.287. The molecule has 8 heteroatoms. The van der Waals surface area contributed by atoms with Gasteiger partial charge < -0.3 is 15.2 Å². The number of hydrogen-bond acceptors (Lipinski definition) is 6. The van der Waals surface area contributed by atoms with E-state index in [1.165, 1.54) is 25.4 Å². The van der Waals surface area contributed by atoms with E-state index in [1.54, 1.807) is 0 Å². The van der Waals surface area contributed by atoms with Gasteiger partial charge in [0, 0.05) is 17.8 Å². The van der Waals surface area contributed by atoms with Crippen molar-refractivity contribution < 1.29 is 18.7 Å². The second-order valence-corrected chi connectivity index (χ2v) is 4.31. The summed E-state index contributed by atoms with van der Waals surface area (Å²) in [5.41, 5.74) is 5.11. The van der Waals surface area contributed by atoms with Crippen LogP contribution in [0.3, 0.4) is 0 Å². The molecule has 0 aliphatic heterocycles. The molecule has 2 aromatic rings. The number of nitrogens with two attached hydrogens (primary N) is 1. The van der Waals surface area contributed by atoms with Gasteiger partial charge in [-0.2, -0.15) is 0 Å². The number of anilines is 1. The molecular weight excluding hydrogens is 301 g/mol. The molecule has 0 atom stereocenters. The van der Waals surface area contributed by atoms with Crippen LogP contribution in [-0.4, -0.2) is 30.2 Å². The fourth-order valence-electron chi connectivity index (χ4n) is 1.63. The molecule has 0 fully saturated rings. The van der Waals surface area contributed by atoms with Crippen LogP contribution in [0.1, 0.15) is 10.5 Å². The third kappa shape index (κ3) is 2.73. The molecule has 2 N–H and O–H groups in total. The van der Waals surface area contributed by atoms with Crippen LogP contribution in [0.25, 0.3) is 11.3 Å². The number of rotatable bonds is 3. The zero-order valence-electron chi connectivity index (χ0n) is 11.2. The van der Waals surface area contributed by atoms with Crippen molar-refractivity contribution in [2.24, 2.45) is 0 Å². The van der Waals surface area contributed by atoms with Gasteiger partial charge in [0.15, 0.2) is 11.5 Å². The summed E-state index contributed by atoms with van der Waals surface area (Å²) in [6, 6.07) is 3.06. The molecule has 110 valence electrons. The molecule has 2 rings (SSSR count). The molecule has 0 aliphatic rings. The first-order chi connectivity index (χ1) is 9.99. The van der Waals surface area contributed by atoms with Crippen molar-refractivity contribution >= 4 is 23.3 Å². The second-order valence-electron chi connectivity index (χ2n) is 3.93. The number of ether oxygens (including phenoxy) is 2. The average molecular weight is 312 g/mol. The monoisotopic (exact) mass is 311 g/mol. The van der Waals surface area contributed by atoms with Crippen LogP contribution in [0.2, 0.25) is 5.02 Å². The number of carbonyl (C=O) groups is 1. The number of nitrogen functional groups attached to an aromatic ring is 1. The maximum absolute atomic E-state index is 14.2. The van der Waals surface area contributed by atoms with Crippen LogP contribution in [-0.2, 0) is 4.74 Å². The zero-order valence-corrected chi connectivity index (χ0v) is 11.9. The predicted octanol–water partition coefficient (Wildman–Crippen LogP) is 2.31. The first kappa shape index (κ1) is 15.0. The summed E-state index contributed by atoms with van der Waals surface area (Å²) in [4.78, 5) is 19.4. The molecule has 6 nitrogen and oxygen atoms in total. The van der Waals surface area contributed by atoms with Crippen molar-refractivity contribution in [1.82, 2.24) is 9.97 Å². The molecule has 2 heterocycles. The summed E-state index contributed by atoms with van der Waals surface area (Å²) in [6.45, 7) is 0. The number of pyridine rings is 2. The van der Waals surface area contributed by atoms with E-state index in [4.69, 9.17) is 22.1 Å². The Morgan fingerprint density at radius 3 is 2.62 bits per heavy atom. The molecule has 0 unspecified atom stereocenters. The maximum atomic E-state index is 14.2. The number of aromatic nitrogens is 2. The van der Waals surface area contributed by atoms with Crippen LogP contribution in [0, 0.1) is 5.82 Å². The smallest absolute Gasteiger partial charge is 0.358 e. The molecule has 0 saturated carbocycles. The van der Waals surface area contributed by atoms with E-state index < -0.39 is 11.8 Å². The molecule has 0 saturated heterocycles.